The Morgan fingerprint density at radius 3 is 2.21 bits per heavy atom. The molecule has 1 unspecified atom stereocenters. The van der Waals surface area contributed by atoms with E-state index < -0.39 is 0 Å². The summed E-state index contributed by atoms with van der Waals surface area (Å²) in [5.41, 5.74) is 0.143. The van der Waals surface area contributed by atoms with E-state index in [1.54, 1.807) is 11.8 Å². The van der Waals surface area contributed by atoms with Crippen molar-refractivity contribution in [1.29, 1.82) is 0 Å². The first-order valence-corrected chi connectivity index (χ1v) is 6.40. The summed E-state index contributed by atoms with van der Waals surface area (Å²) in [6.07, 6.45) is 4.10. The van der Waals surface area contributed by atoms with Crippen molar-refractivity contribution in [3.63, 3.8) is 0 Å². The summed E-state index contributed by atoms with van der Waals surface area (Å²) in [6.45, 7) is 8.53. The minimum absolute atomic E-state index is 0.0838. The second-order valence-electron chi connectivity index (χ2n) is 5.26. The maximum Gasteiger partial charge on any atom is 0.236 e. The van der Waals surface area contributed by atoms with E-state index in [4.69, 9.17) is 0 Å². The molecule has 1 saturated carbocycles. The van der Waals surface area contributed by atoms with Gasteiger partial charge in [0.25, 0.3) is 0 Å². The van der Waals surface area contributed by atoms with E-state index in [0.717, 1.165) is 12.8 Å². The fourth-order valence-corrected chi connectivity index (χ4v) is 1.94. The molecule has 14 heavy (non-hydrogen) atoms. The molecule has 0 bridgehead atoms. The number of nitrogens with one attached hydrogen (secondary N) is 1. The summed E-state index contributed by atoms with van der Waals surface area (Å²) in [7, 11) is 0. The van der Waals surface area contributed by atoms with E-state index in [2.05, 4.69) is 33.0 Å². The van der Waals surface area contributed by atoms with Crippen molar-refractivity contribution in [2.75, 3.05) is 6.26 Å². The Balaban J connectivity index is 2.49. The monoisotopic (exact) mass is 215 g/mol. The molecule has 1 aliphatic rings. The molecule has 0 radical (unpaired) electrons. The highest BCUT2D eigenvalue weighted by molar-refractivity contribution is 8.01. The average Bonchev–Trinajstić information content (AvgIpc) is 2.82. The first-order valence-electron chi connectivity index (χ1n) is 5.18. The Hall–Kier alpha value is -0.180. The van der Waals surface area contributed by atoms with Crippen molar-refractivity contribution in [2.45, 2.75) is 51.3 Å². The minimum Gasteiger partial charge on any atom is -0.352 e. The molecule has 0 aromatic rings. The molecule has 0 spiro atoms. The highest BCUT2D eigenvalue weighted by Crippen LogP contribution is 2.47. The molecule has 0 aliphatic heterocycles. The molecule has 1 atom stereocenters. The van der Waals surface area contributed by atoms with E-state index in [1.165, 1.54) is 0 Å². The SMILES string of the molecule is CSC1(C(=O)NC(C)C(C)(C)C)CC1. The van der Waals surface area contributed by atoms with E-state index in [-0.39, 0.29) is 22.1 Å². The average molecular weight is 215 g/mol. The van der Waals surface area contributed by atoms with E-state index in [0.29, 0.717) is 0 Å². The van der Waals surface area contributed by atoms with Crippen LogP contribution in [-0.2, 0) is 4.79 Å². The third kappa shape index (κ3) is 2.44. The minimum atomic E-state index is -0.0838. The highest BCUT2D eigenvalue weighted by Gasteiger charge is 2.49. The summed E-state index contributed by atoms with van der Waals surface area (Å²) in [5.74, 6) is 0.229. The molecule has 82 valence electrons. The van der Waals surface area contributed by atoms with Gasteiger partial charge in [-0.15, -0.1) is 11.8 Å². The zero-order valence-corrected chi connectivity index (χ0v) is 10.6. The summed E-state index contributed by atoms with van der Waals surface area (Å²) in [5, 5.41) is 3.11. The third-order valence-electron chi connectivity index (χ3n) is 3.16. The van der Waals surface area contributed by atoms with E-state index in [9.17, 15) is 4.79 Å². The number of rotatable bonds is 3. The second kappa shape index (κ2) is 3.76. The maximum absolute atomic E-state index is 11.9. The normalized spacial score (nSPS) is 21.5. The first kappa shape index (κ1) is 11.9. The van der Waals surface area contributed by atoms with Gasteiger partial charge < -0.3 is 5.32 Å². The number of hydrogen-bond donors (Lipinski definition) is 1. The third-order valence-corrected chi connectivity index (χ3v) is 4.53. The molecule has 1 N–H and O–H groups in total. The van der Waals surface area contributed by atoms with Gasteiger partial charge in [0.1, 0.15) is 0 Å². The van der Waals surface area contributed by atoms with E-state index in [1.807, 2.05) is 6.26 Å². The Kier molecular flexibility index (Phi) is 3.20. The van der Waals surface area contributed by atoms with Gasteiger partial charge in [-0.3, -0.25) is 4.79 Å². The van der Waals surface area contributed by atoms with Gasteiger partial charge in [-0.2, -0.15) is 0 Å². The molecule has 1 rings (SSSR count). The van der Waals surface area contributed by atoms with Crippen molar-refractivity contribution in [3.8, 4) is 0 Å². The lowest BCUT2D eigenvalue weighted by molar-refractivity contribution is -0.122. The number of carbonyl (C=O) groups is 1. The van der Waals surface area contributed by atoms with Crippen LogP contribution in [0.4, 0.5) is 0 Å². The van der Waals surface area contributed by atoms with E-state index >= 15 is 0 Å². The Labute approximate surface area is 91.2 Å². The molecule has 2 nitrogen and oxygen atoms in total. The van der Waals surface area contributed by atoms with Crippen molar-refractivity contribution < 1.29 is 4.79 Å². The van der Waals surface area contributed by atoms with Gasteiger partial charge in [-0.05, 0) is 31.4 Å². The molecule has 0 heterocycles. The fraction of sp³-hybridized carbons (Fsp3) is 0.909. The number of thioether (sulfide) groups is 1. The Morgan fingerprint density at radius 2 is 1.93 bits per heavy atom. The largest absolute Gasteiger partial charge is 0.352 e. The van der Waals surface area contributed by atoms with Crippen molar-refractivity contribution in [1.82, 2.24) is 5.32 Å². The molecular weight excluding hydrogens is 194 g/mol. The van der Waals surface area contributed by atoms with Gasteiger partial charge in [0.05, 0.1) is 4.75 Å². The van der Waals surface area contributed by atoms with Gasteiger partial charge >= 0.3 is 0 Å². The lowest BCUT2D eigenvalue weighted by atomic mass is 9.88. The van der Waals surface area contributed by atoms with Gasteiger partial charge in [0.15, 0.2) is 0 Å². The Bertz CT molecular complexity index is 228. The predicted molar refractivity (Wildman–Crippen MR) is 62.5 cm³/mol. The van der Waals surface area contributed by atoms with Gasteiger partial charge in [0, 0.05) is 6.04 Å². The summed E-state index contributed by atoms with van der Waals surface area (Å²) < 4.78 is -0.0838. The molecular formula is C11H21NOS. The quantitative estimate of drug-likeness (QED) is 0.783. The topological polar surface area (TPSA) is 29.1 Å². The summed E-state index contributed by atoms with van der Waals surface area (Å²) in [4.78, 5) is 11.9. The standard InChI is InChI=1S/C11H21NOS/c1-8(10(2,3)4)12-9(13)11(14-5)6-7-11/h8H,6-7H2,1-5H3,(H,12,13). The van der Waals surface area contributed by atoms with Crippen LogP contribution in [0.25, 0.3) is 0 Å². The van der Waals surface area contributed by atoms with Crippen molar-refractivity contribution in [2.24, 2.45) is 5.41 Å². The molecule has 1 fully saturated rings. The smallest absolute Gasteiger partial charge is 0.236 e. The number of carbonyl (C=O) groups excluding carboxylic acids is 1. The first-order chi connectivity index (χ1) is 6.32. The second-order valence-corrected chi connectivity index (χ2v) is 6.45. The van der Waals surface area contributed by atoms with Crippen LogP contribution in [0.2, 0.25) is 0 Å². The zero-order valence-electron chi connectivity index (χ0n) is 9.81. The van der Waals surface area contributed by atoms with Crippen molar-refractivity contribution in [3.05, 3.63) is 0 Å². The Morgan fingerprint density at radius 1 is 1.43 bits per heavy atom. The number of amides is 1. The predicted octanol–water partition coefficient (Wildman–Crippen LogP) is 2.43. The lowest BCUT2D eigenvalue weighted by Gasteiger charge is -2.29. The van der Waals surface area contributed by atoms with Crippen LogP contribution in [0.5, 0.6) is 0 Å². The van der Waals surface area contributed by atoms with Crippen LogP contribution < -0.4 is 5.32 Å². The van der Waals surface area contributed by atoms with Crippen LogP contribution >= 0.6 is 11.8 Å². The molecule has 1 aliphatic carbocycles. The van der Waals surface area contributed by atoms with Crippen LogP contribution in [0, 0.1) is 5.41 Å². The van der Waals surface area contributed by atoms with Crippen LogP contribution in [0.1, 0.15) is 40.5 Å². The highest BCUT2D eigenvalue weighted by atomic mass is 32.2. The lowest BCUT2D eigenvalue weighted by Crippen LogP contribution is -2.45. The molecule has 0 aromatic heterocycles. The van der Waals surface area contributed by atoms with Gasteiger partial charge in [-0.1, -0.05) is 20.8 Å². The summed E-state index contributed by atoms with van der Waals surface area (Å²) >= 11 is 1.69. The van der Waals surface area contributed by atoms with Crippen molar-refractivity contribution >= 4 is 17.7 Å². The van der Waals surface area contributed by atoms with Crippen LogP contribution in [0.15, 0.2) is 0 Å². The number of hydrogen-bond acceptors (Lipinski definition) is 2. The molecule has 1 amide bonds. The van der Waals surface area contributed by atoms with Crippen LogP contribution in [0.3, 0.4) is 0 Å². The van der Waals surface area contributed by atoms with Gasteiger partial charge in [-0.25, -0.2) is 0 Å². The maximum atomic E-state index is 11.9. The van der Waals surface area contributed by atoms with Crippen LogP contribution in [-0.4, -0.2) is 23.0 Å². The zero-order chi connectivity index (χ0) is 11.0. The molecule has 0 aromatic carbocycles. The molecule has 0 saturated heterocycles. The summed E-state index contributed by atoms with van der Waals surface area (Å²) in [6, 6.07) is 0.236. The fourth-order valence-electron chi connectivity index (χ4n) is 1.18. The van der Waals surface area contributed by atoms with Gasteiger partial charge in [0.2, 0.25) is 5.91 Å². The molecule has 3 heteroatoms.